The number of esters is 2. The number of hydrogen-bond donors (Lipinski definition) is 1. The van der Waals surface area contributed by atoms with Gasteiger partial charge in [-0.25, -0.2) is 9.59 Å². The van der Waals surface area contributed by atoms with Crippen LogP contribution in [-0.2, 0) is 23.8 Å². The van der Waals surface area contributed by atoms with Gasteiger partial charge in [-0.05, 0) is 51.2 Å². The number of nitrogens with one attached hydrogen (secondary N) is 1. The van der Waals surface area contributed by atoms with Crippen LogP contribution in [0.1, 0.15) is 56.6 Å². The fourth-order valence-electron chi connectivity index (χ4n) is 4.22. The van der Waals surface area contributed by atoms with E-state index >= 15 is 0 Å². The zero-order valence-corrected chi connectivity index (χ0v) is 19.3. The molecule has 0 aromatic heterocycles. The van der Waals surface area contributed by atoms with Gasteiger partial charge in [0.2, 0.25) is 0 Å². The van der Waals surface area contributed by atoms with Gasteiger partial charge >= 0.3 is 11.9 Å². The van der Waals surface area contributed by atoms with Gasteiger partial charge in [0.05, 0.1) is 34.3 Å². The monoisotopic (exact) mass is 458 g/mol. The van der Waals surface area contributed by atoms with Crippen LogP contribution >= 0.6 is 11.6 Å². The minimum absolute atomic E-state index is 0.0648. The minimum Gasteiger partial charge on any atom is -0.460 e. The van der Waals surface area contributed by atoms with E-state index in [-0.39, 0.29) is 41.1 Å². The highest BCUT2D eigenvalue weighted by atomic mass is 35.5. The molecule has 0 radical (unpaired) electrons. The largest absolute Gasteiger partial charge is 0.460 e. The third-order valence-corrected chi connectivity index (χ3v) is 6.18. The molecular weight excluding hydrogens is 432 g/mol. The van der Waals surface area contributed by atoms with Gasteiger partial charge in [0.25, 0.3) is 0 Å². The molecule has 1 atom stereocenters. The van der Waals surface area contributed by atoms with Crippen LogP contribution in [0.3, 0.4) is 0 Å². The van der Waals surface area contributed by atoms with E-state index in [2.05, 4.69) is 11.4 Å². The van der Waals surface area contributed by atoms with Gasteiger partial charge in [-0.3, -0.25) is 0 Å². The van der Waals surface area contributed by atoms with Crippen LogP contribution in [0.4, 0.5) is 0 Å². The van der Waals surface area contributed by atoms with Gasteiger partial charge in [0.15, 0.2) is 0 Å². The summed E-state index contributed by atoms with van der Waals surface area (Å²) in [6.07, 6.45) is 3.53. The Kier molecular flexibility index (Phi) is 7.94. The number of benzene rings is 1. The third kappa shape index (κ3) is 4.98. The molecule has 1 saturated carbocycles. The molecule has 0 amide bonds. The Morgan fingerprint density at radius 3 is 2.41 bits per heavy atom. The normalized spacial score (nSPS) is 18.9. The number of nitrogens with zero attached hydrogens (tertiary/aromatic N) is 1. The van der Waals surface area contributed by atoms with Gasteiger partial charge in [-0.1, -0.05) is 23.7 Å². The zero-order chi connectivity index (χ0) is 23.3. The SMILES string of the molecule is COCCOC(=O)C1=C(C)NC(C)=C(C(=O)OC2CCCC2)C1c1cccc(C#N)c1Cl. The lowest BCUT2D eigenvalue weighted by Gasteiger charge is -2.31. The van der Waals surface area contributed by atoms with Crippen molar-refractivity contribution >= 4 is 23.5 Å². The number of carbonyl (C=O) groups excluding carboxylic acids is 2. The predicted molar refractivity (Wildman–Crippen MR) is 119 cm³/mol. The Bertz CT molecular complexity index is 1000. The van der Waals surface area contributed by atoms with Crippen molar-refractivity contribution in [2.45, 2.75) is 51.6 Å². The van der Waals surface area contributed by atoms with E-state index in [4.69, 9.17) is 25.8 Å². The number of carbonyl (C=O) groups is 2. The topological polar surface area (TPSA) is 97.7 Å². The van der Waals surface area contributed by atoms with Gasteiger partial charge in [-0.15, -0.1) is 0 Å². The fraction of sp³-hybridized carbons (Fsp3) is 0.458. The highest BCUT2D eigenvalue weighted by molar-refractivity contribution is 6.32. The number of methoxy groups -OCH3 is 1. The predicted octanol–water partition coefficient (Wildman–Crippen LogP) is 4.12. The van der Waals surface area contributed by atoms with Crippen molar-refractivity contribution in [1.82, 2.24) is 5.32 Å². The molecule has 1 unspecified atom stereocenters. The maximum absolute atomic E-state index is 13.3. The molecule has 0 saturated heterocycles. The van der Waals surface area contributed by atoms with E-state index < -0.39 is 17.9 Å². The molecule has 0 bridgehead atoms. The molecule has 1 aromatic carbocycles. The average molecular weight is 459 g/mol. The third-order valence-electron chi connectivity index (χ3n) is 5.76. The van der Waals surface area contributed by atoms with Crippen LogP contribution in [-0.4, -0.2) is 38.4 Å². The quantitative estimate of drug-likeness (QED) is 0.484. The molecule has 7 nitrogen and oxygen atoms in total. The molecule has 8 heteroatoms. The first-order valence-corrected chi connectivity index (χ1v) is 11.0. The summed E-state index contributed by atoms with van der Waals surface area (Å²) in [4.78, 5) is 26.4. The Balaban J connectivity index is 2.08. The highest BCUT2D eigenvalue weighted by Crippen LogP contribution is 2.43. The summed E-state index contributed by atoms with van der Waals surface area (Å²) in [5.41, 5.74) is 2.39. The van der Waals surface area contributed by atoms with E-state index in [1.54, 1.807) is 32.0 Å². The van der Waals surface area contributed by atoms with E-state index in [0.29, 0.717) is 17.0 Å². The number of rotatable bonds is 7. The standard InChI is InChI=1S/C24H27ClN2O5/c1-14-19(23(28)31-12-11-30-3)21(18-10-6-7-16(13-26)22(18)25)20(15(2)27-14)24(29)32-17-8-4-5-9-17/h6-7,10,17,21,27H,4-5,8-9,11-12H2,1-3H3. The van der Waals surface area contributed by atoms with Crippen LogP contribution in [0.2, 0.25) is 5.02 Å². The Morgan fingerprint density at radius 1 is 1.12 bits per heavy atom. The second-order valence-corrected chi connectivity index (χ2v) is 8.27. The first-order valence-electron chi connectivity index (χ1n) is 10.6. The van der Waals surface area contributed by atoms with E-state index in [0.717, 1.165) is 25.7 Å². The summed E-state index contributed by atoms with van der Waals surface area (Å²) >= 11 is 6.56. The number of nitriles is 1. The molecule has 2 aliphatic rings. The second-order valence-electron chi connectivity index (χ2n) is 7.90. The summed E-state index contributed by atoms with van der Waals surface area (Å²) < 4.78 is 16.2. The molecule has 1 aromatic rings. The molecular formula is C24H27ClN2O5. The first-order chi connectivity index (χ1) is 15.4. The number of allylic oxidation sites excluding steroid dienone is 2. The molecule has 0 spiro atoms. The Labute approximate surface area is 193 Å². The number of dihydropyridines is 1. The fourth-order valence-corrected chi connectivity index (χ4v) is 4.50. The van der Waals surface area contributed by atoms with Crippen molar-refractivity contribution in [2.24, 2.45) is 0 Å². The highest BCUT2D eigenvalue weighted by Gasteiger charge is 2.40. The van der Waals surface area contributed by atoms with Gasteiger partial charge in [-0.2, -0.15) is 5.26 Å². The van der Waals surface area contributed by atoms with E-state index in [1.807, 2.05) is 0 Å². The lowest BCUT2D eigenvalue weighted by molar-refractivity contribution is -0.144. The summed E-state index contributed by atoms with van der Waals surface area (Å²) in [6, 6.07) is 7.04. The maximum Gasteiger partial charge on any atom is 0.337 e. The van der Waals surface area contributed by atoms with E-state index in [1.165, 1.54) is 7.11 Å². The van der Waals surface area contributed by atoms with Crippen molar-refractivity contribution in [3.8, 4) is 6.07 Å². The Morgan fingerprint density at radius 2 is 1.78 bits per heavy atom. The Hall–Kier alpha value is -2.82. The average Bonchev–Trinajstić information content (AvgIpc) is 3.26. The number of halogens is 1. The van der Waals surface area contributed by atoms with Crippen molar-refractivity contribution < 1.29 is 23.8 Å². The summed E-state index contributed by atoms with van der Waals surface area (Å²) in [7, 11) is 1.51. The molecule has 1 aliphatic heterocycles. The maximum atomic E-state index is 13.3. The molecule has 1 aliphatic carbocycles. The van der Waals surface area contributed by atoms with Crippen molar-refractivity contribution in [3.63, 3.8) is 0 Å². The van der Waals surface area contributed by atoms with Gasteiger partial charge < -0.3 is 19.5 Å². The lowest BCUT2D eigenvalue weighted by Crippen LogP contribution is -2.33. The molecule has 32 heavy (non-hydrogen) atoms. The van der Waals surface area contributed by atoms with Crippen LogP contribution in [0.25, 0.3) is 0 Å². The van der Waals surface area contributed by atoms with E-state index in [9.17, 15) is 14.9 Å². The molecule has 1 fully saturated rings. The minimum atomic E-state index is -0.832. The molecule has 3 rings (SSSR count). The van der Waals surface area contributed by atoms with Crippen molar-refractivity contribution in [2.75, 3.05) is 20.3 Å². The van der Waals surface area contributed by atoms with Crippen LogP contribution in [0.15, 0.2) is 40.7 Å². The van der Waals surface area contributed by atoms with Crippen molar-refractivity contribution in [3.05, 3.63) is 56.9 Å². The lowest BCUT2D eigenvalue weighted by atomic mass is 9.80. The summed E-state index contributed by atoms with van der Waals surface area (Å²) in [5, 5.41) is 12.8. The van der Waals surface area contributed by atoms with Crippen LogP contribution in [0, 0.1) is 11.3 Å². The zero-order valence-electron chi connectivity index (χ0n) is 18.5. The molecule has 170 valence electrons. The van der Waals surface area contributed by atoms with Gasteiger partial charge in [0, 0.05) is 18.5 Å². The van der Waals surface area contributed by atoms with Gasteiger partial charge in [0.1, 0.15) is 18.8 Å². The smallest absolute Gasteiger partial charge is 0.337 e. The molecule has 1 heterocycles. The van der Waals surface area contributed by atoms with Crippen LogP contribution in [0.5, 0.6) is 0 Å². The summed E-state index contributed by atoms with van der Waals surface area (Å²) in [5.74, 6) is -1.92. The number of hydrogen-bond acceptors (Lipinski definition) is 7. The van der Waals surface area contributed by atoms with Crippen molar-refractivity contribution in [1.29, 1.82) is 5.26 Å². The number of ether oxygens (including phenoxy) is 3. The molecule has 1 N–H and O–H groups in total. The second kappa shape index (κ2) is 10.7. The first kappa shape index (κ1) is 23.8. The summed E-state index contributed by atoms with van der Waals surface area (Å²) in [6.45, 7) is 3.81. The van der Waals surface area contributed by atoms with Crippen LogP contribution < -0.4 is 5.32 Å².